The molecule has 1 aromatic carbocycles. The second-order valence-corrected chi connectivity index (χ2v) is 18.9. The largest absolute Gasteiger partial charge is 0.479 e. The van der Waals surface area contributed by atoms with Gasteiger partial charge < -0.3 is 31.8 Å². The molecule has 1 heterocycles. The minimum Gasteiger partial charge on any atom is -0.479 e. The van der Waals surface area contributed by atoms with Crippen LogP contribution in [0.3, 0.4) is 0 Å². The number of nitrogens with two attached hydrogens (primary N) is 3. The lowest BCUT2D eigenvalue weighted by Crippen LogP contribution is -2.74. The highest BCUT2D eigenvalue weighted by atomic mass is 28.4. The van der Waals surface area contributed by atoms with Crippen LogP contribution in [0.5, 0.6) is 0 Å². The molecule has 0 spiro atoms. The number of amides is 2. The van der Waals surface area contributed by atoms with Crippen molar-refractivity contribution < 1.29 is 38.6 Å². The molecular formula is C34H58N4O8Si. The average molecular weight is 679 g/mol. The molecule has 2 rings (SSSR count). The molecule has 0 aliphatic carbocycles. The van der Waals surface area contributed by atoms with Crippen LogP contribution in [0.25, 0.3) is 0 Å². The molecule has 6 atom stereocenters. The van der Waals surface area contributed by atoms with Crippen molar-refractivity contribution in [3.8, 4) is 0 Å². The predicted molar refractivity (Wildman–Crippen MR) is 184 cm³/mol. The second-order valence-electron chi connectivity index (χ2n) is 14.7. The highest BCUT2D eigenvalue weighted by Gasteiger charge is 2.64. The first-order chi connectivity index (χ1) is 21.5. The van der Waals surface area contributed by atoms with E-state index < -0.39 is 86.2 Å². The van der Waals surface area contributed by atoms with Crippen LogP contribution in [0, 0.1) is 17.3 Å². The Bertz CT molecular complexity index is 1230. The third kappa shape index (κ3) is 11.1. The van der Waals surface area contributed by atoms with Crippen LogP contribution in [0.2, 0.25) is 19.1 Å². The third-order valence-corrected chi connectivity index (χ3v) is 10.8. The Kier molecular flexibility index (Phi) is 15.8. The standard InChI is InChI=1S/C24H36N4O7.C10H22OSi/c1-13(2)20(18(30)10-14(3)29)24(23(34)35,28(19(31)12-25)22(33)15(4)26)21(32)17(27)11-16-8-6-5-7-9-16;1-10(2,3)9-7-6-8-12(4,5)11-9/h5-9,13-15,17,20,29H,10-12,25-27H2,1-4H3,(H,34,35);9H,6-8H2,1-5H3. The number of carboxylic acids is 1. The number of hydrogen-bond donors (Lipinski definition) is 5. The minimum absolute atomic E-state index is 0.124. The average Bonchev–Trinajstić information content (AvgIpc) is 2.95. The van der Waals surface area contributed by atoms with Crippen molar-refractivity contribution in [1.29, 1.82) is 0 Å². The summed E-state index contributed by atoms with van der Waals surface area (Å²) in [4.78, 5) is 66.7. The molecule has 8 N–H and O–H groups in total. The number of imide groups is 1. The Morgan fingerprint density at radius 1 is 1.02 bits per heavy atom. The van der Waals surface area contributed by atoms with Crippen LogP contribution >= 0.6 is 0 Å². The van der Waals surface area contributed by atoms with E-state index >= 15 is 0 Å². The van der Waals surface area contributed by atoms with Crippen molar-refractivity contribution in [3.05, 3.63) is 35.9 Å². The number of carbonyl (C=O) groups excluding carboxylic acids is 4. The summed E-state index contributed by atoms with van der Waals surface area (Å²) in [5.74, 6) is -8.96. The summed E-state index contributed by atoms with van der Waals surface area (Å²) >= 11 is 0. The number of nitrogens with zero attached hydrogens (tertiary/aromatic N) is 1. The first kappa shape index (κ1) is 42.2. The minimum atomic E-state index is -3.03. The van der Waals surface area contributed by atoms with Crippen LogP contribution < -0.4 is 17.2 Å². The summed E-state index contributed by atoms with van der Waals surface area (Å²) in [5.41, 5.74) is 15.3. The molecule has 0 radical (unpaired) electrons. The maximum Gasteiger partial charge on any atom is 0.338 e. The van der Waals surface area contributed by atoms with Crippen LogP contribution in [-0.2, 0) is 34.8 Å². The van der Waals surface area contributed by atoms with Crippen LogP contribution in [0.4, 0.5) is 0 Å². The van der Waals surface area contributed by atoms with Crippen LogP contribution in [-0.4, -0.2) is 89.2 Å². The number of aliphatic hydroxyl groups is 1. The molecule has 1 aliphatic heterocycles. The Morgan fingerprint density at radius 2 is 1.57 bits per heavy atom. The summed E-state index contributed by atoms with van der Waals surface area (Å²) in [6.45, 7) is 16.2. The molecule has 1 saturated heterocycles. The zero-order chi connectivity index (χ0) is 36.5. The first-order valence-corrected chi connectivity index (χ1v) is 19.4. The number of carbonyl (C=O) groups is 5. The number of aliphatic carboxylic acids is 1. The lowest BCUT2D eigenvalue weighted by Gasteiger charge is -2.45. The number of benzene rings is 1. The van der Waals surface area contributed by atoms with Gasteiger partial charge in [-0.05, 0) is 62.7 Å². The SMILES string of the molecule is CC(C)(C)C1CCC[Si](C)(C)O1.CC(O)CC(=O)C(C(C)C)C(C(=O)O)(C(=O)C(N)Cc1ccccc1)N(C(=O)CN)C(=O)C(C)N. The maximum absolute atomic E-state index is 14.0. The van der Waals surface area contributed by atoms with E-state index in [-0.39, 0.29) is 11.3 Å². The summed E-state index contributed by atoms with van der Waals surface area (Å²) in [6, 6.07) is 6.91. The van der Waals surface area contributed by atoms with Gasteiger partial charge in [-0.15, -0.1) is 0 Å². The van der Waals surface area contributed by atoms with Crippen molar-refractivity contribution in [2.75, 3.05) is 6.54 Å². The van der Waals surface area contributed by atoms with E-state index in [4.69, 9.17) is 21.6 Å². The molecule has 1 fully saturated rings. The van der Waals surface area contributed by atoms with Gasteiger partial charge in [-0.1, -0.05) is 71.4 Å². The maximum atomic E-state index is 14.0. The molecule has 0 aromatic heterocycles. The molecule has 0 bridgehead atoms. The number of ketones is 2. The molecule has 12 nitrogen and oxygen atoms in total. The molecule has 266 valence electrons. The number of aliphatic hydroxyl groups excluding tert-OH is 1. The Balaban J connectivity index is 0.000000766. The van der Waals surface area contributed by atoms with Gasteiger partial charge in [0.05, 0.1) is 30.7 Å². The van der Waals surface area contributed by atoms with Gasteiger partial charge in [-0.25, -0.2) is 4.79 Å². The van der Waals surface area contributed by atoms with E-state index in [9.17, 15) is 34.2 Å². The summed E-state index contributed by atoms with van der Waals surface area (Å²) in [5, 5.41) is 20.4. The second kappa shape index (κ2) is 17.5. The van der Waals surface area contributed by atoms with Crippen molar-refractivity contribution in [3.63, 3.8) is 0 Å². The zero-order valence-corrected chi connectivity index (χ0v) is 30.6. The Labute approximate surface area is 280 Å². The van der Waals surface area contributed by atoms with E-state index in [0.717, 1.165) is 0 Å². The van der Waals surface area contributed by atoms with Crippen molar-refractivity contribution >= 4 is 37.7 Å². The van der Waals surface area contributed by atoms with Gasteiger partial charge >= 0.3 is 5.97 Å². The van der Waals surface area contributed by atoms with Gasteiger partial charge in [-0.2, -0.15) is 0 Å². The molecule has 13 heteroatoms. The molecular weight excluding hydrogens is 620 g/mol. The predicted octanol–water partition coefficient (Wildman–Crippen LogP) is 2.64. The Morgan fingerprint density at radius 3 is 1.96 bits per heavy atom. The highest BCUT2D eigenvalue weighted by molar-refractivity contribution is 6.71. The fraction of sp³-hybridized carbons (Fsp3) is 0.676. The number of hydrogen-bond acceptors (Lipinski definition) is 10. The molecule has 1 aliphatic rings. The molecule has 6 unspecified atom stereocenters. The molecule has 1 aromatic rings. The number of Topliss-reactive ketones (excluding diaryl/α,β-unsaturated/α-hetero) is 2. The topological polar surface area (TPSA) is 216 Å². The number of carboxylic acid groups (broad SMARTS) is 1. The third-order valence-electron chi connectivity index (χ3n) is 8.36. The molecule has 47 heavy (non-hydrogen) atoms. The van der Waals surface area contributed by atoms with Crippen LogP contribution in [0.1, 0.15) is 73.3 Å². The van der Waals surface area contributed by atoms with Gasteiger partial charge in [0.25, 0.3) is 0 Å². The normalized spacial score (nSPS) is 20.0. The van der Waals surface area contributed by atoms with Gasteiger partial charge in [0.1, 0.15) is 5.78 Å². The highest BCUT2D eigenvalue weighted by Crippen LogP contribution is 2.37. The lowest BCUT2D eigenvalue weighted by atomic mass is 9.67. The fourth-order valence-electron chi connectivity index (χ4n) is 6.10. The summed E-state index contributed by atoms with van der Waals surface area (Å²) in [6.07, 6.45) is 1.33. The van der Waals surface area contributed by atoms with E-state index in [0.29, 0.717) is 17.1 Å². The molecule has 2 amide bonds. The van der Waals surface area contributed by atoms with E-state index in [2.05, 4.69) is 33.9 Å². The van der Waals surface area contributed by atoms with Gasteiger partial charge in [0, 0.05) is 12.5 Å². The quantitative estimate of drug-likeness (QED) is 0.151. The first-order valence-electron chi connectivity index (χ1n) is 16.3. The van der Waals surface area contributed by atoms with Crippen molar-refractivity contribution in [1.82, 2.24) is 4.90 Å². The summed E-state index contributed by atoms with van der Waals surface area (Å²) in [7, 11) is -1.26. The zero-order valence-electron chi connectivity index (χ0n) is 29.6. The van der Waals surface area contributed by atoms with Gasteiger partial charge in [-0.3, -0.25) is 24.1 Å². The summed E-state index contributed by atoms with van der Waals surface area (Å²) < 4.78 is 6.18. The monoisotopic (exact) mass is 678 g/mol. The van der Waals surface area contributed by atoms with E-state index in [1.54, 1.807) is 30.3 Å². The lowest BCUT2D eigenvalue weighted by molar-refractivity contribution is -0.178. The van der Waals surface area contributed by atoms with Gasteiger partial charge in [0.2, 0.25) is 17.4 Å². The van der Waals surface area contributed by atoms with Crippen LogP contribution in [0.15, 0.2) is 30.3 Å². The van der Waals surface area contributed by atoms with Gasteiger partial charge in [0.15, 0.2) is 14.1 Å². The van der Waals surface area contributed by atoms with Crippen molar-refractivity contribution in [2.45, 2.75) is 123 Å². The van der Waals surface area contributed by atoms with E-state index in [1.165, 1.54) is 46.6 Å². The fourth-order valence-corrected chi connectivity index (χ4v) is 8.51. The number of rotatable bonds is 13. The van der Waals surface area contributed by atoms with E-state index in [1.807, 2.05) is 0 Å². The molecule has 0 saturated carbocycles. The Hall–Kier alpha value is -2.81. The van der Waals surface area contributed by atoms with Crippen molar-refractivity contribution in [2.24, 2.45) is 34.5 Å². The smallest absolute Gasteiger partial charge is 0.338 e.